The lowest BCUT2D eigenvalue weighted by Crippen LogP contribution is -1.92. The van der Waals surface area contributed by atoms with Crippen LogP contribution >= 0.6 is 0 Å². The topological polar surface area (TPSA) is 0 Å². The summed E-state index contributed by atoms with van der Waals surface area (Å²) in [4.78, 5) is 0. The van der Waals surface area contributed by atoms with Crippen molar-refractivity contribution < 1.29 is 0 Å². The molecule has 0 heteroatoms. The molecule has 1 aromatic rings. The van der Waals surface area contributed by atoms with Crippen LogP contribution in [0.3, 0.4) is 0 Å². The van der Waals surface area contributed by atoms with Crippen LogP contribution in [0.5, 0.6) is 0 Å². The molecule has 0 radical (unpaired) electrons. The lowest BCUT2D eigenvalue weighted by Gasteiger charge is -2.09. The summed E-state index contributed by atoms with van der Waals surface area (Å²) in [5.41, 5.74) is 4.36. The van der Waals surface area contributed by atoms with E-state index in [0.717, 1.165) is 6.42 Å². The highest BCUT2D eigenvalue weighted by Crippen LogP contribution is 2.18. The first-order valence-corrected chi connectivity index (χ1v) is 7.73. The van der Waals surface area contributed by atoms with Crippen molar-refractivity contribution in [3.63, 3.8) is 0 Å². The van der Waals surface area contributed by atoms with E-state index < -0.39 is 0 Å². The van der Waals surface area contributed by atoms with Crippen LogP contribution in [0.4, 0.5) is 0 Å². The van der Waals surface area contributed by atoms with Gasteiger partial charge in [-0.1, -0.05) is 72.7 Å². The Morgan fingerprint density at radius 3 is 1.84 bits per heavy atom. The van der Waals surface area contributed by atoms with Crippen molar-refractivity contribution in [2.24, 2.45) is 0 Å². The molecule has 0 saturated carbocycles. The van der Waals surface area contributed by atoms with Gasteiger partial charge in [0.25, 0.3) is 0 Å². The number of benzene rings is 1. The largest absolute Gasteiger partial charge is 0.103 e. The molecule has 0 heterocycles. The third-order valence-electron chi connectivity index (χ3n) is 2.42. The van der Waals surface area contributed by atoms with Gasteiger partial charge >= 0.3 is 0 Å². The summed E-state index contributed by atoms with van der Waals surface area (Å²) < 4.78 is 0. The maximum absolute atomic E-state index is 3.36. The minimum atomic E-state index is 0.649. The van der Waals surface area contributed by atoms with Gasteiger partial charge in [0, 0.05) is 0 Å². The summed E-state index contributed by atoms with van der Waals surface area (Å²) in [6, 6.07) is 6.80. The molecule has 0 N–H and O–H groups in total. The summed E-state index contributed by atoms with van der Waals surface area (Å²) in [6.07, 6.45) is 2.90. The zero-order valence-electron chi connectivity index (χ0n) is 14.8. The summed E-state index contributed by atoms with van der Waals surface area (Å²) in [5.74, 6) is 0.649. The van der Waals surface area contributed by atoms with Gasteiger partial charge in [0.05, 0.1) is 0 Å². The quantitative estimate of drug-likeness (QED) is 0.508. The SMILES string of the molecule is C=CC.CC.CC.CCc1cc(C(C)C)ccc1C. The summed E-state index contributed by atoms with van der Waals surface area (Å²) in [7, 11) is 0. The number of hydrogen-bond acceptors (Lipinski definition) is 0. The van der Waals surface area contributed by atoms with Crippen LogP contribution in [0, 0.1) is 6.92 Å². The second kappa shape index (κ2) is 17.0. The van der Waals surface area contributed by atoms with Crippen LogP contribution in [-0.4, -0.2) is 0 Å². The van der Waals surface area contributed by atoms with Crippen LogP contribution in [0.15, 0.2) is 30.9 Å². The zero-order chi connectivity index (χ0) is 15.8. The average molecular weight is 264 g/mol. The Hall–Kier alpha value is -1.04. The van der Waals surface area contributed by atoms with Crippen LogP contribution < -0.4 is 0 Å². The molecular weight excluding hydrogens is 228 g/mol. The Morgan fingerprint density at radius 1 is 1.11 bits per heavy atom. The fourth-order valence-electron chi connectivity index (χ4n) is 1.43. The third-order valence-corrected chi connectivity index (χ3v) is 2.42. The molecule has 0 nitrogen and oxygen atoms in total. The maximum Gasteiger partial charge on any atom is -0.0219 e. The molecule has 0 aliphatic carbocycles. The molecule has 0 aliphatic rings. The Labute approximate surface area is 123 Å². The lowest BCUT2D eigenvalue weighted by atomic mass is 9.97. The highest BCUT2D eigenvalue weighted by Gasteiger charge is 2.01. The minimum absolute atomic E-state index is 0.649. The molecule has 0 amide bonds. The number of aryl methyl sites for hydroxylation is 2. The standard InChI is InChI=1S/C12H18.C3H6.2C2H6/c1-5-11-8-12(9(2)3)7-6-10(11)4;1-3-2;2*1-2/h6-9H,5H2,1-4H3;3H,1H2,2H3;2*1-2H3. The first kappa shape index (κ1) is 23.1. The number of allylic oxidation sites excluding steroid dienone is 1. The molecule has 112 valence electrons. The van der Waals surface area contributed by atoms with Crippen LogP contribution in [-0.2, 0) is 6.42 Å². The van der Waals surface area contributed by atoms with E-state index in [0.29, 0.717) is 5.92 Å². The van der Waals surface area contributed by atoms with Gasteiger partial charge in [-0.05, 0) is 42.9 Å². The highest BCUT2D eigenvalue weighted by atomic mass is 14.1. The van der Waals surface area contributed by atoms with Crippen molar-refractivity contribution >= 4 is 0 Å². The predicted molar refractivity (Wildman–Crippen MR) is 93.2 cm³/mol. The molecule has 0 bridgehead atoms. The van der Waals surface area contributed by atoms with Gasteiger partial charge in [0.1, 0.15) is 0 Å². The van der Waals surface area contributed by atoms with Gasteiger partial charge < -0.3 is 0 Å². The monoisotopic (exact) mass is 264 g/mol. The summed E-state index contributed by atoms with van der Waals surface area (Å²) >= 11 is 0. The molecule has 0 fully saturated rings. The Kier molecular flexibility index (Phi) is 20.6. The van der Waals surface area contributed by atoms with Gasteiger partial charge in [0.2, 0.25) is 0 Å². The van der Waals surface area contributed by atoms with E-state index in [1.54, 1.807) is 6.08 Å². The van der Waals surface area contributed by atoms with Gasteiger partial charge in [-0.15, -0.1) is 6.58 Å². The normalized spacial score (nSPS) is 8.11. The maximum atomic E-state index is 3.36. The molecule has 1 rings (SSSR count). The smallest absolute Gasteiger partial charge is 0.0219 e. The van der Waals surface area contributed by atoms with Crippen molar-refractivity contribution in [1.82, 2.24) is 0 Å². The molecule has 0 aromatic heterocycles. The fourth-order valence-corrected chi connectivity index (χ4v) is 1.43. The Bertz CT molecular complexity index is 295. The minimum Gasteiger partial charge on any atom is -0.103 e. The molecule has 19 heavy (non-hydrogen) atoms. The Balaban J connectivity index is -0.000000313. The van der Waals surface area contributed by atoms with Crippen molar-refractivity contribution in [3.8, 4) is 0 Å². The van der Waals surface area contributed by atoms with Gasteiger partial charge in [0.15, 0.2) is 0 Å². The Morgan fingerprint density at radius 2 is 1.53 bits per heavy atom. The molecule has 0 aliphatic heterocycles. The van der Waals surface area contributed by atoms with Crippen molar-refractivity contribution in [2.75, 3.05) is 0 Å². The van der Waals surface area contributed by atoms with Crippen LogP contribution in [0.1, 0.15) is 78.0 Å². The predicted octanol–water partition coefficient (Wildman–Crippen LogP) is 6.93. The molecule has 0 spiro atoms. The average Bonchev–Trinajstić information content (AvgIpc) is 2.44. The van der Waals surface area contributed by atoms with E-state index in [9.17, 15) is 0 Å². The van der Waals surface area contributed by atoms with E-state index in [4.69, 9.17) is 0 Å². The number of rotatable bonds is 2. The second-order valence-corrected chi connectivity index (χ2v) is 4.10. The van der Waals surface area contributed by atoms with E-state index in [-0.39, 0.29) is 0 Å². The highest BCUT2D eigenvalue weighted by molar-refractivity contribution is 5.32. The molecule has 0 saturated heterocycles. The second-order valence-electron chi connectivity index (χ2n) is 4.10. The fraction of sp³-hybridized carbons (Fsp3) is 0.579. The van der Waals surface area contributed by atoms with Gasteiger partial charge in [-0.3, -0.25) is 0 Å². The van der Waals surface area contributed by atoms with E-state index >= 15 is 0 Å². The summed E-state index contributed by atoms with van der Waals surface area (Å²) in [5, 5.41) is 0. The first-order chi connectivity index (χ1) is 9.06. The van der Waals surface area contributed by atoms with Crippen molar-refractivity contribution in [1.29, 1.82) is 0 Å². The van der Waals surface area contributed by atoms with Gasteiger partial charge in [-0.25, -0.2) is 0 Å². The van der Waals surface area contributed by atoms with Crippen LogP contribution in [0.2, 0.25) is 0 Å². The van der Waals surface area contributed by atoms with Crippen molar-refractivity contribution in [2.45, 2.75) is 74.7 Å². The molecule has 0 unspecified atom stereocenters. The van der Waals surface area contributed by atoms with E-state index in [1.807, 2.05) is 34.6 Å². The third kappa shape index (κ3) is 11.8. The van der Waals surface area contributed by atoms with E-state index in [1.165, 1.54) is 16.7 Å². The number of hydrogen-bond donors (Lipinski definition) is 0. The summed E-state index contributed by atoms with van der Waals surface area (Å²) in [6.45, 7) is 22.1. The molecule has 1 aromatic carbocycles. The van der Waals surface area contributed by atoms with E-state index in [2.05, 4.69) is 52.5 Å². The van der Waals surface area contributed by atoms with Crippen LogP contribution in [0.25, 0.3) is 0 Å². The van der Waals surface area contributed by atoms with Crippen molar-refractivity contribution in [3.05, 3.63) is 47.5 Å². The first-order valence-electron chi connectivity index (χ1n) is 7.73. The lowest BCUT2D eigenvalue weighted by molar-refractivity contribution is 0.861. The zero-order valence-corrected chi connectivity index (χ0v) is 14.8. The molecular formula is C19H36. The van der Waals surface area contributed by atoms with Gasteiger partial charge in [-0.2, -0.15) is 0 Å². The molecule has 0 atom stereocenters.